The summed E-state index contributed by atoms with van der Waals surface area (Å²) in [5.41, 5.74) is 2.33. The van der Waals surface area contributed by atoms with E-state index in [9.17, 15) is 19.5 Å². The highest BCUT2D eigenvalue weighted by atomic mass is 35.5. The molecule has 2 aromatic carbocycles. The summed E-state index contributed by atoms with van der Waals surface area (Å²) in [6, 6.07) is 9.90. The van der Waals surface area contributed by atoms with E-state index in [0.29, 0.717) is 16.3 Å². The Morgan fingerprint density at radius 3 is 2.66 bits per heavy atom. The van der Waals surface area contributed by atoms with E-state index in [1.165, 1.54) is 27.9 Å². The first-order valence-electron chi connectivity index (χ1n) is 10.1. The zero-order valence-corrected chi connectivity index (χ0v) is 19.1. The Morgan fingerprint density at radius 1 is 1.22 bits per heavy atom. The van der Waals surface area contributed by atoms with Gasteiger partial charge in [-0.1, -0.05) is 23.7 Å². The summed E-state index contributed by atoms with van der Waals surface area (Å²) < 4.78 is 5.08. The predicted octanol–water partition coefficient (Wildman–Crippen LogP) is 2.58. The molecule has 1 heterocycles. The van der Waals surface area contributed by atoms with Gasteiger partial charge in [-0.25, -0.2) is 0 Å². The summed E-state index contributed by atoms with van der Waals surface area (Å²) in [6.45, 7) is 3.76. The Kier molecular flexibility index (Phi) is 7.37. The number of carbonyl (C=O) groups excluding carboxylic acids is 3. The number of amides is 3. The number of hydrogen-bond donors (Lipinski definition) is 1. The van der Waals surface area contributed by atoms with Gasteiger partial charge in [0.05, 0.1) is 6.61 Å². The number of halogens is 1. The molecule has 2 aromatic rings. The molecule has 0 aliphatic carbocycles. The van der Waals surface area contributed by atoms with Gasteiger partial charge >= 0.3 is 0 Å². The first-order chi connectivity index (χ1) is 15.2. The normalized spacial score (nSPS) is 13.6. The van der Waals surface area contributed by atoms with E-state index in [1.54, 1.807) is 37.3 Å². The molecule has 1 fully saturated rings. The van der Waals surface area contributed by atoms with Gasteiger partial charge in [-0.15, -0.1) is 0 Å². The number of phenolic OH excluding ortho intramolecular Hbond substituents is 1. The molecule has 1 aliphatic heterocycles. The molecule has 0 aromatic heterocycles. The van der Waals surface area contributed by atoms with Crippen molar-refractivity contribution in [2.45, 2.75) is 13.8 Å². The fraction of sp³-hybridized carbons (Fsp3) is 0.348. The number of methoxy groups -OCH3 is 1. The highest BCUT2D eigenvalue weighted by molar-refractivity contribution is 6.31. The Hall–Kier alpha value is -3.10. The van der Waals surface area contributed by atoms with Crippen LogP contribution in [-0.4, -0.2) is 72.6 Å². The van der Waals surface area contributed by atoms with E-state index in [2.05, 4.69) is 0 Å². The van der Waals surface area contributed by atoms with E-state index in [1.807, 2.05) is 6.92 Å². The molecule has 1 saturated heterocycles. The van der Waals surface area contributed by atoms with Gasteiger partial charge in [0.25, 0.3) is 5.91 Å². The van der Waals surface area contributed by atoms with Crippen LogP contribution >= 0.6 is 11.6 Å². The molecule has 0 bridgehead atoms. The van der Waals surface area contributed by atoms with Gasteiger partial charge in [-0.05, 0) is 49.2 Å². The number of anilines is 1. The Morgan fingerprint density at radius 2 is 1.97 bits per heavy atom. The van der Waals surface area contributed by atoms with Crippen LogP contribution in [-0.2, 0) is 14.3 Å². The van der Waals surface area contributed by atoms with E-state index < -0.39 is 5.91 Å². The number of rotatable bonds is 7. The van der Waals surface area contributed by atoms with Gasteiger partial charge < -0.3 is 19.6 Å². The highest BCUT2D eigenvalue weighted by Crippen LogP contribution is 2.28. The zero-order valence-electron chi connectivity index (χ0n) is 18.3. The standard InChI is InChI=1S/C23H26ClN3O5/c1-15-7-8-17(11-20(15)28)23(31)25(9-10-32-3)12-21(29)26-13-22(30)27(14-26)19-6-4-5-18(24)16(19)2/h4-8,11,28H,9-10,12-14H2,1-3H3. The van der Waals surface area contributed by atoms with Crippen molar-refractivity contribution in [1.29, 1.82) is 0 Å². The monoisotopic (exact) mass is 459 g/mol. The van der Waals surface area contributed by atoms with Crippen LogP contribution in [0.3, 0.4) is 0 Å². The smallest absolute Gasteiger partial charge is 0.254 e. The summed E-state index contributed by atoms with van der Waals surface area (Å²) >= 11 is 6.18. The van der Waals surface area contributed by atoms with Gasteiger partial charge in [0, 0.05) is 29.9 Å². The van der Waals surface area contributed by atoms with E-state index in [4.69, 9.17) is 16.3 Å². The second-order valence-corrected chi connectivity index (χ2v) is 8.07. The highest BCUT2D eigenvalue weighted by Gasteiger charge is 2.34. The molecule has 0 atom stereocenters. The number of ether oxygens (including phenoxy) is 1. The fourth-order valence-corrected chi connectivity index (χ4v) is 3.63. The van der Waals surface area contributed by atoms with Gasteiger partial charge in [0.1, 0.15) is 25.5 Å². The van der Waals surface area contributed by atoms with E-state index in [-0.39, 0.29) is 56.0 Å². The number of aromatic hydroxyl groups is 1. The average molecular weight is 460 g/mol. The Bertz CT molecular complexity index is 1040. The lowest BCUT2D eigenvalue weighted by Crippen LogP contribution is -2.44. The fourth-order valence-electron chi connectivity index (χ4n) is 3.46. The summed E-state index contributed by atoms with van der Waals surface area (Å²) in [5.74, 6) is -0.978. The van der Waals surface area contributed by atoms with E-state index >= 15 is 0 Å². The maximum Gasteiger partial charge on any atom is 0.254 e. The van der Waals surface area contributed by atoms with Crippen molar-refractivity contribution in [3.63, 3.8) is 0 Å². The lowest BCUT2D eigenvalue weighted by molar-refractivity contribution is -0.132. The number of hydrogen-bond acceptors (Lipinski definition) is 5. The Labute approximate surface area is 191 Å². The molecular formula is C23H26ClN3O5. The molecule has 32 heavy (non-hydrogen) atoms. The summed E-state index contributed by atoms with van der Waals surface area (Å²) in [6.07, 6.45) is 0. The van der Waals surface area contributed by atoms with Crippen molar-refractivity contribution in [3.05, 3.63) is 58.1 Å². The Balaban J connectivity index is 1.74. The second kappa shape index (κ2) is 10.0. The van der Waals surface area contributed by atoms with Crippen molar-refractivity contribution in [3.8, 4) is 5.75 Å². The van der Waals surface area contributed by atoms with Crippen LogP contribution in [0.25, 0.3) is 0 Å². The molecule has 1 N–H and O–H groups in total. The third-order valence-electron chi connectivity index (χ3n) is 5.46. The summed E-state index contributed by atoms with van der Waals surface area (Å²) in [5, 5.41) is 10.5. The van der Waals surface area contributed by atoms with Crippen LogP contribution in [0.4, 0.5) is 5.69 Å². The van der Waals surface area contributed by atoms with E-state index in [0.717, 1.165) is 5.56 Å². The van der Waals surface area contributed by atoms with Gasteiger partial charge in [0.2, 0.25) is 11.8 Å². The maximum atomic E-state index is 13.0. The quantitative estimate of drug-likeness (QED) is 0.687. The average Bonchev–Trinajstić information content (AvgIpc) is 3.16. The number of phenols is 1. The summed E-state index contributed by atoms with van der Waals surface area (Å²) in [7, 11) is 1.51. The largest absolute Gasteiger partial charge is 0.508 e. The minimum Gasteiger partial charge on any atom is -0.508 e. The van der Waals surface area contributed by atoms with Gasteiger partial charge in [-0.3, -0.25) is 19.3 Å². The van der Waals surface area contributed by atoms with Crippen LogP contribution in [0.15, 0.2) is 36.4 Å². The molecule has 0 saturated carbocycles. The van der Waals surface area contributed by atoms with Crippen LogP contribution in [0.5, 0.6) is 5.75 Å². The molecule has 0 unspecified atom stereocenters. The lowest BCUT2D eigenvalue weighted by atomic mass is 10.1. The molecule has 1 aliphatic rings. The second-order valence-electron chi connectivity index (χ2n) is 7.66. The molecular weight excluding hydrogens is 434 g/mol. The number of benzene rings is 2. The van der Waals surface area contributed by atoms with Crippen LogP contribution < -0.4 is 4.90 Å². The van der Waals surface area contributed by atoms with Crippen molar-refractivity contribution < 1.29 is 24.2 Å². The van der Waals surface area contributed by atoms with Crippen molar-refractivity contribution in [1.82, 2.24) is 9.80 Å². The zero-order chi connectivity index (χ0) is 23.4. The third-order valence-corrected chi connectivity index (χ3v) is 5.87. The lowest BCUT2D eigenvalue weighted by Gasteiger charge is -2.25. The van der Waals surface area contributed by atoms with Crippen molar-refractivity contribution in [2.75, 3.05) is 44.9 Å². The minimum absolute atomic E-state index is 0.00606. The molecule has 3 rings (SSSR count). The summed E-state index contributed by atoms with van der Waals surface area (Å²) in [4.78, 5) is 42.8. The topological polar surface area (TPSA) is 90.4 Å². The number of carbonyl (C=O) groups is 3. The first-order valence-corrected chi connectivity index (χ1v) is 10.5. The molecule has 0 spiro atoms. The maximum absolute atomic E-state index is 13.0. The van der Waals surface area contributed by atoms with Gasteiger partial charge in [-0.2, -0.15) is 0 Å². The number of nitrogens with zero attached hydrogens (tertiary/aromatic N) is 3. The van der Waals surface area contributed by atoms with Crippen molar-refractivity contribution >= 4 is 35.0 Å². The third kappa shape index (κ3) is 5.03. The molecule has 9 heteroatoms. The predicted molar refractivity (Wildman–Crippen MR) is 121 cm³/mol. The van der Waals surface area contributed by atoms with Crippen molar-refractivity contribution in [2.24, 2.45) is 0 Å². The van der Waals surface area contributed by atoms with Crippen LogP contribution in [0.2, 0.25) is 5.02 Å². The molecule has 3 amide bonds. The van der Waals surface area contributed by atoms with Gasteiger partial charge in [0.15, 0.2) is 0 Å². The molecule has 0 radical (unpaired) electrons. The van der Waals surface area contributed by atoms with Crippen LogP contribution in [0, 0.1) is 13.8 Å². The SMILES string of the molecule is COCCN(CC(=O)N1CC(=O)N(c2cccc(Cl)c2C)C1)C(=O)c1ccc(C)c(O)c1. The molecule has 170 valence electrons. The number of aryl methyl sites for hydroxylation is 1. The molecule has 8 nitrogen and oxygen atoms in total. The minimum atomic E-state index is -0.404. The van der Waals surface area contributed by atoms with Crippen LogP contribution in [0.1, 0.15) is 21.5 Å². The first kappa shape index (κ1) is 23.6.